The highest BCUT2D eigenvalue weighted by Gasteiger charge is 2.50. The molecule has 7 heteroatoms. The van der Waals surface area contributed by atoms with Gasteiger partial charge in [-0.15, -0.1) is 11.3 Å². The average Bonchev–Trinajstić information content (AvgIpc) is 3.48. The Morgan fingerprint density at radius 2 is 2.17 bits per heavy atom. The zero-order valence-electron chi connectivity index (χ0n) is 16.8. The highest BCUT2D eigenvalue weighted by Crippen LogP contribution is 2.47. The first-order valence-electron chi connectivity index (χ1n) is 10.3. The van der Waals surface area contributed by atoms with Crippen molar-refractivity contribution in [3.63, 3.8) is 0 Å². The number of fused-ring (bicyclic) bond motifs is 4. The predicted octanol–water partition coefficient (Wildman–Crippen LogP) is 4.00. The molecule has 3 aromatic rings. The molecular weight excluding hydrogens is 382 g/mol. The second-order valence-corrected chi connectivity index (χ2v) is 8.74. The van der Waals surface area contributed by atoms with Gasteiger partial charge in [0.1, 0.15) is 10.4 Å². The summed E-state index contributed by atoms with van der Waals surface area (Å²) in [7, 11) is 0. The van der Waals surface area contributed by atoms with Crippen LogP contribution >= 0.6 is 11.3 Å². The minimum absolute atomic E-state index is 0.104. The minimum atomic E-state index is -0.219. The van der Waals surface area contributed by atoms with Crippen LogP contribution in [0.3, 0.4) is 0 Å². The summed E-state index contributed by atoms with van der Waals surface area (Å²) in [5, 5.41) is 0. The Balaban J connectivity index is 1.58. The van der Waals surface area contributed by atoms with Crippen molar-refractivity contribution in [3.8, 4) is 5.82 Å². The molecule has 0 radical (unpaired) electrons. The van der Waals surface area contributed by atoms with Crippen molar-refractivity contribution in [2.45, 2.75) is 38.6 Å². The normalized spacial score (nSPS) is 20.2. The van der Waals surface area contributed by atoms with Crippen molar-refractivity contribution in [2.75, 3.05) is 24.5 Å². The van der Waals surface area contributed by atoms with Crippen molar-refractivity contribution >= 4 is 22.9 Å². The molecule has 1 fully saturated rings. The highest BCUT2D eigenvalue weighted by molar-refractivity contribution is 7.11. The fourth-order valence-corrected chi connectivity index (χ4v) is 5.57. The Labute approximate surface area is 174 Å². The van der Waals surface area contributed by atoms with Gasteiger partial charge in [0.15, 0.2) is 5.82 Å². The molecule has 1 unspecified atom stereocenters. The van der Waals surface area contributed by atoms with E-state index in [1.807, 2.05) is 24.1 Å². The van der Waals surface area contributed by atoms with Crippen LogP contribution in [0.2, 0.25) is 0 Å². The number of anilines is 1. The van der Waals surface area contributed by atoms with Crippen LogP contribution in [0.1, 0.15) is 47.2 Å². The second-order valence-electron chi connectivity index (χ2n) is 7.89. The van der Waals surface area contributed by atoms with E-state index in [4.69, 9.17) is 0 Å². The number of thiazole rings is 1. The molecule has 29 heavy (non-hydrogen) atoms. The Kier molecular flexibility index (Phi) is 4.42. The first-order chi connectivity index (χ1) is 14.2. The Hall–Kier alpha value is -2.67. The number of carbonyl (C=O) groups is 1. The van der Waals surface area contributed by atoms with Crippen molar-refractivity contribution in [2.24, 2.45) is 0 Å². The van der Waals surface area contributed by atoms with Gasteiger partial charge in [0.2, 0.25) is 0 Å². The molecule has 2 aliphatic heterocycles. The number of hydrogen-bond acceptors (Lipinski definition) is 5. The Morgan fingerprint density at radius 3 is 2.97 bits per heavy atom. The first kappa shape index (κ1) is 18.4. The van der Waals surface area contributed by atoms with E-state index in [1.54, 1.807) is 5.51 Å². The summed E-state index contributed by atoms with van der Waals surface area (Å²) >= 11 is 1.44. The second kappa shape index (κ2) is 6.99. The number of aryl methyl sites for hydroxylation is 1. The lowest BCUT2D eigenvalue weighted by Crippen LogP contribution is -2.53. The number of nitrogens with zero attached hydrogens (tertiary/aromatic N) is 5. The van der Waals surface area contributed by atoms with Crippen molar-refractivity contribution in [1.82, 2.24) is 19.4 Å². The average molecular weight is 408 g/mol. The van der Waals surface area contributed by atoms with Crippen LogP contribution in [0.25, 0.3) is 5.82 Å². The molecule has 0 saturated carbocycles. The molecule has 0 bridgehead atoms. The predicted molar refractivity (Wildman–Crippen MR) is 115 cm³/mol. The van der Waals surface area contributed by atoms with E-state index in [9.17, 15) is 4.79 Å². The Bertz CT molecular complexity index is 1060. The molecule has 5 rings (SSSR count). The number of hydrogen-bond donors (Lipinski definition) is 0. The van der Waals surface area contributed by atoms with Crippen LogP contribution in [-0.4, -0.2) is 45.0 Å². The zero-order valence-corrected chi connectivity index (χ0v) is 17.7. The SMILES string of the molecule is CCCCN1c2cccnc2-n2cccc2C12CCN(C(=O)c1scnc1C)C2. The third-order valence-corrected chi connectivity index (χ3v) is 7.15. The van der Waals surface area contributed by atoms with E-state index in [0.29, 0.717) is 6.54 Å². The first-order valence-corrected chi connectivity index (χ1v) is 11.1. The van der Waals surface area contributed by atoms with Crippen molar-refractivity contribution < 1.29 is 4.79 Å². The van der Waals surface area contributed by atoms with Crippen LogP contribution in [0.4, 0.5) is 5.69 Å². The van der Waals surface area contributed by atoms with Crippen molar-refractivity contribution in [3.05, 3.63) is 58.4 Å². The molecule has 3 aromatic heterocycles. The summed E-state index contributed by atoms with van der Waals surface area (Å²) in [4.78, 5) is 27.5. The van der Waals surface area contributed by atoms with Gasteiger partial charge in [-0.05, 0) is 44.0 Å². The summed E-state index contributed by atoms with van der Waals surface area (Å²) < 4.78 is 2.21. The number of unbranched alkanes of at least 4 members (excludes halogenated alkanes) is 1. The van der Waals surface area contributed by atoms with Gasteiger partial charge in [0.05, 0.1) is 22.6 Å². The number of pyridine rings is 1. The quantitative estimate of drug-likeness (QED) is 0.656. The van der Waals surface area contributed by atoms with Gasteiger partial charge >= 0.3 is 0 Å². The fraction of sp³-hybridized carbons (Fsp3) is 0.409. The zero-order chi connectivity index (χ0) is 20.0. The van der Waals surface area contributed by atoms with Gasteiger partial charge < -0.3 is 14.4 Å². The van der Waals surface area contributed by atoms with Gasteiger partial charge in [-0.2, -0.15) is 0 Å². The van der Waals surface area contributed by atoms with E-state index < -0.39 is 0 Å². The molecule has 6 nitrogen and oxygen atoms in total. The van der Waals surface area contributed by atoms with Gasteiger partial charge in [-0.25, -0.2) is 9.97 Å². The van der Waals surface area contributed by atoms with Crippen LogP contribution in [0.5, 0.6) is 0 Å². The molecule has 0 aliphatic carbocycles. The lowest BCUT2D eigenvalue weighted by molar-refractivity contribution is 0.0786. The third kappa shape index (κ3) is 2.71. The monoisotopic (exact) mass is 407 g/mol. The van der Waals surface area contributed by atoms with Gasteiger partial charge in [-0.3, -0.25) is 4.79 Å². The molecule has 150 valence electrons. The summed E-state index contributed by atoms with van der Waals surface area (Å²) in [6.07, 6.45) is 7.11. The lowest BCUT2D eigenvalue weighted by Gasteiger charge is -2.47. The molecule has 1 amide bonds. The Morgan fingerprint density at radius 1 is 1.28 bits per heavy atom. The largest absolute Gasteiger partial charge is 0.355 e. The van der Waals surface area contributed by atoms with Gasteiger partial charge in [0, 0.05) is 32.0 Å². The summed E-state index contributed by atoms with van der Waals surface area (Å²) in [6, 6.07) is 8.47. The smallest absolute Gasteiger partial charge is 0.265 e. The number of aromatic nitrogens is 3. The third-order valence-electron chi connectivity index (χ3n) is 6.24. The standard InChI is InChI=1S/C22H25N5OS/c1-3-4-12-27-17-7-5-10-23-20(17)26-11-6-8-18(26)22(27)9-13-25(14-22)21(28)19-16(2)24-15-29-19/h5-8,10-11,15H,3-4,9,12-14H2,1-2H3. The summed E-state index contributed by atoms with van der Waals surface area (Å²) in [5.41, 5.74) is 4.76. The topological polar surface area (TPSA) is 54.3 Å². The number of likely N-dealkylation sites (tertiary alicyclic amines) is 1. The molecule has 0 N–H and O–H groups in total. The molecule has 1 atom stereocenters. The maximum absolute atomic E-state index is 13.2. The molecule has 2 aliphatic rings. The van der Waals surface area contributed by atoms with Crippen LogP contribution < -0.4 is 4.90 Å². The maximum atomic E-state index is 13.2. The van der Waals surface area contributed by atoms with Crippen molar-refractivity contribution in [1.29, 1.82) is 0 Å². The fourth-order valence-electron chi connectivity index (χ4n) is 4.80. The number of carbonyl (C=O) groups excluding carboxylic acids is 1. The molecule has 1 saturated heterocycles. The summed E-state index contributed by atoms with van der Waals surface area (Å²) in [5.74, 6) is 1.09. The van der Waals surface area contributed by atoms with Crippen LogP contribution in [0.15, 0.2) is 42.2 Å². The van der Waals surface area contributed by atoms with E-state index in [0.717, 1.165) is 54.4 Å². The number of amides is 1. The molecule has 0 aromatic carbocycles. The van der Waals surface area contributed by atoms with E-state index in [1.165, 1.54) is 17.0 Å². The van der Waals surface area contributed by atoms with Gasteiger partial charge in [0.25, 0.3) is 5.91 Å². The summed E-state index contributed by atoms with van der Waals surface area (Å²) in [6.45, 7) is 6.53. The molecule has 5 heterocycles. The molecule has 1 spiro atoms. The van der Waals surface area contributed by atoms with Gasteiger partial charge in [-0.1, -0.05) is 13.3 Å². The maximum Gasteiger partial charge on any atom is 0.265 e. The highest BCUT2D eigenvalue weighted by atomic mass is 32.1. The number of rotatable bonds is 4. The van der Waals surface area contributed by atoms with Crippen LogP contribution in [-0.2, 0) is 5.54 Å². The van der Waals surface area contributed by atoms with E-state index >= 15 is 0 Å². The minimum Gasteiger partial charge on any atom is -0.355 e. The lowest BCUT2D eigenvalue weighted by atomic mass is 9.88. The molecular formula is C22H25N5OS. The van der Waals surface area contributed by atoms with Crippen LogP contribution in [0, 0.1) is 6.92 Å². The van der Waals surface area contributed by atoms with E-state index in [-0.39, 0.29) is 11.4 Å². The van der Waals surface area contributed by atoms with E-state index in [2.05, 4.69) is 50.8 Å².